The molecule has 2 aromatic carbocycles. The molecule has 0 radical (unpaired) electrons. The van der Waals surface area contributed by atoms with E-state index < -0.39 is 6.10 Å². The summed E-state index contributed by atoms with van der Waals surface area (Å²) in [6, 6.07) is 13.6. The van der Waals surface area contributed by atoms with Crippen LogP contribution >= 0.6 is 11.8 Å². The third-order valence-corrected chi connectivity index (χ3v) is 6.55. The first-order chi connectivity index (χ1) is 14.5. The van der Waals surface area contributed by atoms with E-state index >= 15 is 0 Å². The third-order valence-electron chi connectivity index (χ3n) is 5.57. The predicted octanol–water partition coefficient (Wildman–Crippen LogP) is 2.91. The second-order valence-electron chi connectivity index (χ2n) is 7.61. The van der Waals surface area contributed by atoms with Gasteiger partial charge in [0.05, 0.1) is 5.75 Å². The van der Waals surface area contributed by atoms with E-state index in [2.05, 4.69) is 32.0 Å². The average Bonchev–Trinajstić information content (AvgIpc) is 2.79. The summed E-state index contributed by atoms with van der Waals surface area (Å²) < 4.78 is 11.5. The normalized spacial score (nSPS) is 18.3. The van der Waals surface area contributed by atoms with Crippen LogP contribution in [0.15, 0.2) is 47.4 Å². The van der Waals surface area contributed by atoms with Gasteiger partial charge in [-0.25, -0.2) is 0 Å². The third kappa shape index (κ3) is 4.56. The van der Waals surface area contributed by atoms with Gasteiger partial charge in [0, 0.05) is 31.1 Å². The fourth-order valence-electron chi connectivity index (χ4n) is 3.56. The molecule has 4 rings (SSSR count). The van der Waals surface area contributed by atoms with Crippen molar-refractivity contribution in [3.05, 3.63) is 53.6 Å². The Labute approximate surface area is 181 Å². The number of benzene rings is 2. The van der Waals surface area contributed by atoms with Gasteiger partial charge in [0.15, 0.2) is 11.5 Å². The number of aryl methyl sites for hydroxylation is 2. The number of ether oxygens (including phenoxy) is 2. The standard InChI is InChI=1S/C23H26N2O4S/c1-16-7-8-18(13-17(16)2)30-15-22(26)24-9-11-25(12-10-24)23(27)21-14-28-19-5-3-4-6-20(19)29-21/h3-8,13,21H,9-12,14-15H2,1-2H3. The van der Waals surface area contributed by atoms with Gasteiger partial charge in [0.2, 0.25) is 12.0 Å². The number of amides is 2. The Morgan fingerprint density at radius 1 is 0.967 bits per heavy atom. The van der Waals surface area contributed by atoms with E-state index in [0.717, 1.165) is 4.90 Å². The quantitative estimate of drug-likeness (QED) is 0.704. The van der Waals surface area contributed by atoms with Crippen LogP contribution in [0.1, 0.15) is 11.1 Å². The molecular weight excluding hydrogens is 400 g/mol. The fourth-order valence-corrected chi connectivity index (χ4v) is 4.46. The van der Waals surface area contributed by atoms with Crippen molar-refractivity contribution in [3.8, 4) is 11.5 Å². The lowest BCUT2D eigenvalue weighted by molar-refractivity contribution is -0.145. The number of nitrogens with zero attached hydrogens (tertiary/aromatic N) is 2. The van der Waals surface area contributed by atoms with Crippen LogP contribution < -0.4 is 9.47 Å². The van der Waals surface area contributed by atoms with Crippen LogP contribution in [-0.2, 0) is 9.59 Å². The lowest BCUT2D eigenvalue weighted by Gasteiger charge is -2.37. The van der Waals surface area contributed by atoms with Crippen molar-refractivity contribution < 1.29 is 19.1 Å². The van der Waals surface area contributed by atoms with Crippen LogP contribution in [-0.4, -0.2) is 66.3 Å². The SMILES string of the molecule is Cc1ccc(SCC(=O)N2CCN(C(=O)C3COc4ccccc4O3)CC2)cc1C. The van der Waals surface area contributed by atoms with E-state index in [1.165, 1.54) is 11.1 Å². The molecule has 0 spiro atoms. The molecule has 2 heterocycles. The molecule has 6 nitrogen and oxygen atoms in total. The molecule has 2 aliphatic rings. The monoisotopic (exact) mass is 426 g/mol. The first kappa shape index (κ1) is 20.6. The van der Waals surface area contributed by atoms with Gasteiger partial charge in [-0.3, -0.25) is 9.59 Å². The summed E-state index contributed by atoms with van der Waals surface area (Å²) >= 11 is 1.56. The Kier molecular flexibility index (Phi) is 6.18. The van der Waals surface area contributed by atoms with Gasteiger partial charge in [-0.1, -0.05) is 18.2 Å². The minimum absolute atomic E-state index is 0.0823. The van der Waals surface area contributed by atoms with Crippen LogP contribution in [0.25, 0.3) is 0 Å². The van der Waals surface area contributed by atoms with Crippen molar-refractivity contribution in [2.24, 2.45) is 0 Å². The van der Waals surface area contributed by atoms with Gasteiger partial charge in [-0.2, -0.15) is 0 Å². The summed E-state index contributed by atoms with van der Waals surface area (Å²) in [5.74, 6) is 1.70. The van der Waals surface area contributed by atoms with Crippen molar-refractivity contribution >= 4 is 23.6 Å². The van der Waals surface area contributed by atoms with Crippen molar-refractivity contribution in [1.82, 2.24) is 9.80 Å². The molecule has 0 N–H and O–H groups in total. The molecule has 0 bridgehead atoms. The minimum Gasteiger partial charge on any atom is -0.485 e. The number of carbonyl (C=O) groups is 2. The molecule has 1 unspecified atom stereocenters. The summed E-state index contributed by atoms with van der Waals surface area (Å²) in [6.45, 7) is 6.49. The summed E-state index contributed by atoms with van der Waals surface area (Å²) in [6.07, 6.45) is -0.637. The molecule has 2 aromatic rings. The van der Waals surface area contributed by atoms with Gasteiger partial charge < -0.3 is 19.3 Å². The number of fused-ring (bicyclic) bond motifs is 1. The van der Waals surface area contributed by atoms with Crippen LogP contribution in [0.3, 0.4) is 0 Å². The number of hydrogen-bond acceptors (Lipinski definition) is 5. The zero-order valence-corrected chi connectivity index (χ0v) is 18.1. The molecule has 2 aliphatic heterocycles. The van der Waals surface area contributed by atoms with Crippen LogP contribution in [0, 0.1) is 13.8 Å². The second-order valence-corrected chi connectivity index (χ2v) is 8.65. The van der Waals surface area contributed by atoms with Gasteiger partial charge >= 0.3 is 0 Å². The maximum Gasteiger partial charge on any atom is 0.267 e. The molecule has 0 aliphatic carbocycles. The number of para-hydroxylation sites is 2. The molecule has 2 amide bonds. The smallest absolute Gasteiger partial charge is 0.267 e. The highest BCUT2D eigenvalue weighted by Gasteiger charge is 2.33. The molecule has 30 heavy (non-hydrogen) atoms. The van der Waals surface area contributed by atoms with E-state index in [4.69, 9.17) is 9.47 Å². The fraction of sp³-hybridized carbons (Fsp3) is 0.391. The summed E-state index contributed by atoms with van der Waals surface area (Å²) in [4.78, 5) is 30.1. The van der Waals surface area contributed by atoms with Gasteiger partial charge in [-0.15, -0.1) is 11.8 Å². The van der Waals surface area contributed by atoms with Gasteiger partial charge in [-0.05, 0) is 49.2 Å². The highest BCUT2D eigenvalue weighted by Crippen LogP contribution is 2.31. The molecule has 0 aromatic heterocycles. The van der Waals surface area contributed by atoms with Crippen LogP contribution in [0.2, 0.25) is 0 Å². The van der Waals surface area contributed by atoms with Crippen LogP contribution in [0.4, 0.5) is 0 Å². The number of rotatable bonds is 4. The van der Waals surface area contributed by atoms with Crippen molar-refractivity contribution in [2.45, 2.75) is 24.8 Å². The molecular formula is C23H26N2O4S. The molecule has 7 heteroatoms. The zero-order valence-electron chi connectivity index (χ0n) is 17.3. The van der Waals surface area contributed by atoms with Gasteiger partial charge in [0.25, 0.3) is 5.91 Å². The van der Waals surface area contributed by atoms with Crippen molar-refractivity contribution in [1.29, 1.82) is 0 Å². The largest absolute Gasteiger partial charge is 0.485 e. The minimum atomic E-state index is -0.637. The van der Waals surface area contributed by atoms with E-state index in [0.29, 0.717) is 43.4 Å². The topological polar surface area (TPSA) is 59.1 Å². The number of piperazine rings is 1. The number of thioether (sulfide) groups is 1. The van der Waals surface area contributed by atoms with Gasteiger partial charge in [0.1, 0.15) is 6.61 Å². The maximum atomic E-state index is 12.8. The van der Waals surface area contributed by atoms with Crippen LogP contribution in [0.5, 0.6) is 11.5 Å². The lowest BCUT2D eigenvalue weighted by Crippen LogP contribution is -2.55. The number of carbonyl (C=O) groups excluding carboxylic acids is 2. The Bertz CT molecular complexity index is 941. The molecule has 158 valence electrons. The summed E-state index contributed by atoms with van der Waals surface area (Å²) in [5, 5.41) is 0. The van der Waals surface area contributed by atoms with E-state index in [9.17, 15) is 9.59 Å². The highest BCUT2D eigenvalue weighted by molar-refractivity contribution is 8.00. The average molecular weight is 427 g/mol. The van der Waals surface area contributed by atoms with E-state index in [1.807, 2.05) is 23.1 Å². The zero-order chi connectivity index (χ0) is 21.1. The Balaban J connectivity index is 1.25. The molecule has 1 atom stereocenters. The maximum absolute atomic E-state index is 12.8. The highest BCUT2D eigenvalue weighted by atomic mass is 32.2. The van der Waals surface area contributed by atoms with Crippen molar-refractivity contribution in [2.75, 3.05) is 38.5 Å². The molecule has 1 fully saturated rings. The lowest BCUT2D eigenvalue weighted by atomic mass is 10.1. The molecule has 1 saturated heterocycles. The first-order valence-corrected chi connectivity index (χ1v) is 11.1. The Morgan fingerprint density at radius 2 is 1.67 bits per heavy atom. The number of hydrogen-bond donors (Lipinski definition) is 0. The van der Waals surface area contributed by atoms with E-state index in [1.54, 1.807) is 22.7 Å². The summed E-state index contributed by atoms with van der Waals surface area (Å²) in [7, 11) is 0. The first-order valence-electron chi connectivity index (χ1n) is 10.2. The molecule has 0 saturated carbocycles. The summed E-state index contributed by atoms with van der Waals surface area (Å²) in [5.41, 5.74) is 2.48. The second kappa shape index (κ2) is 9.00. The Hall–Kier alpha value is -2.67. The van der Waals surface area contributed by atoms with E-state index in [-0.39, 0.29) is 18.4 Å². The predicted molar refractivity (Wildman–Crippen MR) is 116 cm³/mol. The Morgan fingerprint density at radius 3 is 2.40 bits per heavy atom. The van der Waals surface area contributed by atoms with Crippen molar-refractivity contribution in [3.63, 3.8) is 0 Å².